The number of H-pyrrole nitrogens is 1. The smallest absolute Gasteiger partial charge is 0.417 e. The van der Waals surface area contributed by atoms with E-state index in [1.54, 1.807) is 18.2 Å². The van der Waals surface area contributed by atoms with Crippen molar-refractivity contribution in [1.29, 1.82) is 5.26 Å². The minimum atomic E-state index is -4.94. The number of amides is 1. The molecular weight excluding hydrogens is 651 g/mol. The lowest BCUT2D eigenvalue weighted by molar-refractivity contribution is -0.143. The van der Waals surface area contributed by atoms with E-state index >= 15 is 0 Å². The molecule has 2 heterocycles. The molecule has 0 aliphatic rings. The lowest BCUT2D eigenvalue weighted by Gasteiger charge is -2.19. The van der Waals surface area contributed by atoms with Gasteiger partial charge in [-0.2, -0.15) is 18.4 Å². The Morgan fingerprint density at radius 3 is 2.40 bits per heavy atom. The first kappa shape index (κ1) is 36.7. The summed E-state index contributed by atoms with van der Waals surface area (Å²) in [4.78, 5) is 45.6. The second-order valence-electron chi connectivity index (χ2n) is 11.2. The van der Waals surface area contributed by atoms with Crippen LogP contribution in [-0.4, -0.2) is 39.6 Å². The summed E-state index contributed by atoms with van der Waals surface area (Å²) < 4.78 is 54.0. The van der Waals surface area contributed by atoms with Gasteiger partial charge in [-0.3, -0.25) is 9.59 Å². The van der Waals surface area contributed by atoms with E-state index in [9.17, 15) is 32.8 Å². The average molecular weight is 686 g/mol. The van der Waals surface area contributed by atoms with Gasteiger partial charge in [0.15, 0.2) is 0 Å². The molecule has 10 nitrogen and oxygen atoms in total. The van der Waals surface area contributed by atoms with Gasteiger partial charge in [0, 0.05) is 23.9 Å². The van der Waals surface area contributed by atoms with Crippen molar-refractivity contribution in [3.63, 3.8) is 0 Å². The summed E-state index contributed by atoms with van der Waals surface area (Å²) in [6, 6.07) is 19.0. The van der Waals surface area contributed by atoms with Crippen LogP contribution < -0.4 is 15.6 Å². The van der Waals surface area contributed by atoms with Gasteiger partial charge in [0.05, 0.1) is 31.2 Å². The molecule has 1 amide bonds. The highest BCUT2D eigenvalue weighted by atomic mass is 19.4. The zero-order valence-corrected chi connectivity index (χ0v) is 26.6. The molecule has 5 rings (SSSR count). The Bertz CT molecular complexity index is 2100. The minimum absolute atomic E-state index is 0. The van der Waals surface area contributed by atoms with E-state index in [4.69, 9.17) is 9.47 Å². The van der Waals surface area contributed by atoms with Crippen LogP contribution in [0.4, 0.5) is 13.2 Å². The SMILES string of the molecule is C.COC(=O)[C@@H](Cc1cnc[nH]1)NC(=O)c1cccc(Oc2ccc(-c3cc(C(F)(F)F)c(C#N)c(=O)n3Cc3ccc(C)cc3C)cc2)c1. The fourth-order valence-electron chi connectivity index (χ4n) is 5.29. The molecule has 3 aromatic carbocycles. The number of nitrogens with one attached hydrogen (secondary N) is 2. The topological polar surface area (TPSA) is 139 Å². The van der Waals surface area contributed by atoms with E-state index in [1.807, 2.05) is 26.0 Å². The number of aromatic nitrogens is 3. The third-order valence-corrected chi connectivity index (χ3v) is 7.80. The van der Waals surface area contributed by atoms with Gasteiger partial charge in [0.1, 0.15) is 29.2 Å². The maximum Gasteiger partial charge on any atom is 0.417 e. The summed E-state index contributed by atoms with van der Waals surface area (Å²) in [5.41, 5.74) is 0.244. The molecule has 50 heavy (non-hydrogen) atoms. The molecule has 258 valence electrons. The number of pyridine rings is 1. The summed E-state index contributed by atoms with van der Waals surface area (Å²) in [5.74, 6) is -0.632. The van der Waals surface area contributed by atoms with Gasteiger partial charge in [-0.25, -0.2) is 9.78 Å². The number of carbonyl (C=O) groups excluding carboxylic acids is 2. The van der Waals surface area contributed by atoms with Crippen molar-refractivity contribution in [2.24, 2.45) is 0 Å². The highest BCUT2D eigenvalue weighted by Crippen LogP contribution is 2.34. The normalized spacial score (nSPS) is 11.5. The van der Waals surface area contributed by atoms with E-state index in [2.05, 4.69) is 15.3 Å². The monoisotopic (exact) mass is 685 g/mol. The number of esters is 1. The van der Waals surface area contributed by atoms with Gasteiger partial charge in [0.2, 0.25) is 0 Å². The molecule has 1 atom stereocenters. The van der Waals surface area contributed by atoms with Crippen molar-refractivity contribution >= 4 is 11.9 Å². The Morgan fingerprint density at radius 2 is 1.78 bits per heavy atom. The van der Waals surface area contributed by atoms with Crippen molar-refractivity contribution < 1.29 is 32.2 Å². The number of alkyl halides is 3. The predicted molar refractivity (Wildman–Crippen MR) is 180 cm³/mol. The third kappa shape index (κ3) is 8.27. The zero-order chi connectivity index (χ0) is 35.3. The van der Waals surface area contributed by atoms with Gasteiger partial charge >= 0.3 is 12.1 Å². The molecule has 13 heteroatoms. The summed E-state index contributed by atoms with van der Waals surface area (Å²) in [5, 5.41) is 12.2. The summed E-state index contributed by atoms with van der Waals surface area (Å²) in [7, 11) is 1.22. The first-order valence-electron chi connectivity index (χ1n) is 14.9. The van der Waals surface area contributed by atoms with Crippen molar-refractivity contribution in [3.05, 3.63) is 135 Å². The first-order valence-corrected chi connectivity index (χ1v) is 14.9. The minimum Gasteiger partial charge on any atom is -0.467 e. The fraction of sp³-hybridized carbons (Fsp3) is 0.216. The van der Waals surface area contributed by atoms with Crippen LogP contribution in [-0.2, 0) is 28.7 Å². The molecule has 2 N–H and O–H groups in total. The molecule has 0 fully saturated rings. The van der Waals surface area contributed by atoms with Crippen molar-refractivity contribution in [1.82, 2.24) is 19.9 Å². The number of benzene rings is 3. The van der Waals surface area contributed by atoms with Crippen LogP contribution in [0.1, 0.15) is 51.3 Å². The van der Waals surface area contributed by atoms with E-state index < -0.39 is 40.8 Å². The van der Waals surface area contributed by atoms with Gasteiger partial charge in [0.25, 0.3) is 11.5 Å². The number of halogens is 3. The summed E-state index contributed by atoms with van der Waals surface area (Å²) >= 11 is 0. The fourth-order valence-corrected chi connectivity index (χ4v) is 5.29. The maximum atomic E-state index is 14.0. The number of aromatic amines is 1. The molecule has 0 radical (unpaired) electrons. The number of methoxy groups -OCH3 is 1. The number of hydrogen-bond donors (Lipinski definition) is 2. The van der Waals surface area contributed by atoms with Crippen LogP contribution in [0.3, 0.4) is 0 Å². The van der Waals surface area contributed by atoms with Crippen LogP contribution in [0.5, 0.6) is 11.5 Å². The highest BCUT2D eigenvalue weighted by Gasteiger charge is 2.36. The number of carbonyl (C=O) groups is 2. The Labute approximate surface area is 286 Å². The number of imidazole rings is 1. The van der Waals surface area contributed by atoms with E-state index in [0.29, 0.717) is 17.0 Å². The summed E-state index contributed by atoms with van der Waals surface area (Å²) in [6.07, 6.45) is -1.83. The molecule has 2 aromatic heterocycles. The predicted octanol–water partition coefficient (Wildman–Crippen LogP) is 6.74. The van der Waals surface area contributed by atoms with Gasteiger partial charge in [-0.15, -0.1) is 0 Å². The van der Waals surface area contributed by atoms with Crippen LogP contribution in [0, 0.1) is 25.2 Å². The molecule has 0 bridgehead atoms. The van der Waals surface area contributed by atoms with Crippen molar-refractivity contribution in [2.45, 2.75) is 46.5 Å². The first-order chi connectivity index (χ1) is 23.4. The van der Waals surface area contributed by atoms with E-state index in [1.165, 1.54) is 62.1 Å². The molecule has 0 saturated heterocycles. The van der Waals surface area contributed by atoms with Crippen molar-refractivity contribution in [2.75, 3.05) is 7.11 Å². The molecule has 0 unspecified atom stereocenters. The molecule has 0 saturated carbocycles. The van der Waals surface area contributed by atoms with Gasteiger partial charge < -0.3 is 24.3 Å². The maximum absolute atomic E-state index is 14.0. The third-order valence-electron chi connectivity index (χ3n) is 7.80. The van der Waals surface area contributed by atoms with E-state index in [-0.39, 0.29) is 43.0 Å². The second kappa shape index (κ2) is 15.4. The standard InChI is InChI=1S/C36H30F3N5O5.CH4/c1-21-7-8-25(22(2)13-21)19-44-32(16-30(36(37,38)39)29(17-40)34(44)46)23-9-11-27(12-10-23)49-28-6-4-5-24(14-28)33(45)43-31(35(47)48-3)15-26-18-41-20-42-26;/h4-14,16,18,20,31H,15,19H2,1-3H3,(H,41,42)(H,43,45);1H4/t31-;/m1./s1. The number of nitrogens with zero attached hydrogens (tertiary/aromatic N) is 3. The van der Waals surface area contributed by atoms with E-state index in [0.717, 1.165) is 21.8 Å². The lowest BCUT2D eigenvalue weighted by Crippen LogP contribution is -2.43. The highest BCUT2D eigenvalue weighted by molar-refractivity contribution is 5.97. The largest absolute Gasteiger partial charge is 0.467 e. The second-order valence-corrected chi connectivity index (χ2v) is 11.2. The van der Waals surface area contributed by atoms with Crippen LogP contribution >= 0.6 is 0 Å². The number of rotatable bonds is 10. The number of nitriles is 1. The van der Waals surface area contributed by atoms with Gasteiger partial charge in [-0.1, -0.05) is 37.3 Å². The van der Waals surface area contributed by atoms with Crippen LogP contribution in [0.25, 0.3) is 11.3 Å². The number of ether oxygens (including phenoxy) is 2. The quantitative estimate of drug-likeness (QED) is 0.155. The van der Waals surface area contributed by atoms with Gasteiger partial charge in [-0.05, 0) is 79.1 Å². The average Bonchev–Trinajstić information content (AvgIpc) is 3.59. The summed E-state index contributed by atoms with van der Waals surface area (Å²) in [6.45, 7) is 3.68. The number of hydrogen-bond acceptors (Lipinski definition) is 7. The van der Waals surface area contributed by atoms with Crippen LogP contribution in [0.2, 0.25) is 0 Å². The Hall–Kier alpha value is -6.16. The zero-order valence-electron chi connectivity index (χ0n) is 26.6. The molecule has 0 spiro atoms. The Morgan fingerprint density at radius 1 is 1.04 bits per heavy atom. The molecular formula is C37H34F3N5O5. The molecule has 0 aliphatic carbocycles. The molecule has 0 aliphatic heterocycles. The molecule has 5 aromatic rings. The van der Waals surface area contributed by atoms with Crippen molar-refractivity contribution in [3.8, 4) is 28.8 Å². The number of aryl methyl sites for hydroxylation is 2. The Balaban J connectivity index is 0.00000562. The Kier molecular flexibility index (Phi) is 11.3. The van der Waals surface area contributed by atoms with Crippen LogP contribution in [0.15, 0.2) is 90.1 Å². The lowest BCUT2D eigenvalue weighted by atomic mass is 10.0.